The minimum Gasteiger partial charge on any atom is -0.451 e. The third kappa shape index (κ3) is 4.23. The van der Waals surface area contributed by atoms with E-state index < -0.39 is 22.1 Å². The highest BCUT2D eigenvalue weighted by Crippen LogP contribution is 2.22. The molecule has 0 amide bonds. The summed E-state index contributed by atoms with van der Waals surface area (Å²) in [6.07, 6.45) is 1.73. The third-order valence-corrected chi connectivity index (χ3v) is 4.85. The summed E-state index contributed by atoms with van der Waals surface area (Å²) in [5, 5.41) is 0.755. The third-order valence-electron chi connectivity index (χ3n) is 4.24. The van der Waals surface area contributed by atoms with E-state index >= 15 is 0 Å². The van der Waals surface area contributed by atoms with Gasteiger partial charge in [0, 0.05) is 35.4 Å². The Morgan fingerprint density at radius 1 is 1.07 bits per heavy atom. The van der Waals surface area contributed by atoms with Gasteiger partial charge in [0.25, 0.3) is 0 Å². The lowest BCUT2D eigenvalue weighted by Gasteiger charge is -2.12. The molecule has 0 aliphatic rings. The normalized spacial score (nSPS) is 12.5. The van der Waals surface area contributed by atoms with Crippen molar-refractivity contribution in [2.45, 2.75) is 13.0 Å². The SMILES string of the molecule is C[C@@H](OC(=O)c1cn(C)c2ccccc12)C(=O)c1ccc(NS(C)(=O)=O)cc1. The summed E-state index contributed by atoms with van der Waals surface area (Å²) in [6, 6.07) is 13.4. The van der Waals surface area contributed by atoms with E-state index in [1.54, 1.807) is 6.20 Å². The van der Waals surface area contributed by atoms with Crippen molar-refractivity contribution >= 4 is 38.4 Å². The average Bonchev–Trinajstić information content (AvgIpc) is 2.98. The smallest absolute Gasteiger partial charge is 0.341 e. The number of ether oxygens (including phenoxy) is 1. The van der Waals surface area contributed by atoms with Crippen molar-refractivity contribution < 1.29 is 22.7 Å². The molecule has 0 spiro atoms. The number of esters is 1. The molecule has 3 rings (SSSR count). The van der Waals surface area contributed by atoms with Crippen LogP contribution in [-0.4, -0.2) is 37.1 Å². The predicted molar refractivity (Wildman–Crippen MR) is 107 cm³/mol. The number of aromatic nitrogens is 1. The quantitative estimate of drug-likeness (QED) is 0.507. The Balaban J connectivity index is 1.74. The van der Waals surface area contributed by atoms with Gasteiger partial charge < -0.3 is 9.30 Å². The van der Waals surface area contributed by atoms with Crippen molar-refractivity contribution in [1.29, 1.82) is 0 Å². The molecule has 7 nitrogen and oxygen atoms in total. The molecule has 1 atom stereocenters. The molecule has 28 heavy (non-hydrogen) atoms. The molecule has 146 valence electrons. The number of hydrogen-bond donors (Lipinski definition) is 1. The van der Waals surface area contributed by atoms with Crippen molar-refractivity contribution in [1.82, 2.24) is 4.57 Å². The van der Waals surface area contributed by atoms with Crippen molar-refractivity contribution in [3.63, 3.8) is 0 Å². The fraction of sp³-hybridized carbons (Fsp3) is 0.200. The number of carbonyl (C=O) groups excluding carboxylic acids is 2. The van der Waals surface area contributed by atoms with Gasteiger partial charge in [-0.3, -0.25) is 9.52 Å². The Kier molecular flexibility index (Phi) is 5.24. The first-order valence-corrected chi connectivity index (χ1v) is 10.4. The molecule has 0 saturated heterocycles. The highest BCUT2D eigenvalue weighted by molar-refractivity contribution is 7.92. The summed E-state index contributed by atoms with van der Waals surface area (Å²) in [7, 11) is -1.56. The number of benzene rings is 2. The number of hydrogen-bond acceptors (Lipinski definition) is 5. The maximum Gasteiger partial charge on any atom is 0.341 e. The van der Waals surface area contributed by atoms with E-state index in [0.717, 1.165) is 17.2 Å². The lowest BCUT2D eigenvalue weighted by Crippen LogP contribution is -2.24. The van der Waals surface area contributed by atoms with Crippen LogP contribution in [0.15, 0.2) is 54.7 Å². The molecule has 1 heterocycles. The first-order valence-electron chi connectivity index (χ1n) is 8.53. The van der Waals surface area contributed by atoms with E-state index in [1.807, 2.05) is 35.9 Å². The monoisotopic (exact) mass is 400 g/mol. The summed E-state index contributed by atoms with van der Waals surface area (Å²) in [5.41, 5.74) is 1.95. The van der Waals surface area contributed by atoms with E-state index in [2.05, 4.69) is 4.72 Å². The Labute approximate surface area is 163 Å². The lowest BCUT2D eigenvalue weighted by atomic mass is 10.1. The van der Waals surface area contributed by atoms with Gasteiger partial charge >= 0.3 is 5.97 Å². The second-order valence-corrected chi connectivity index (χ2v) is 8.28. The van der Waals surface area contributed by atoms with Crippen LogP contribution in [0.5, 0.6) is 0 Å². The molecule has 0 aliphatic heterocycles. The summed E-state index contributed by atoms with van der Waals surface area (Å²) >= 11 is 0. The van der Waals surface area contributed by atoms with E-state index in [-0.39, 0.29) is 5.78 Å². The number of rotatable bonds is 6. The van der Waals surface area contributed by atoms with Gasteiger partial charge in [0.15, 0.2) is 6.10 Å². The van der Waals surface area contributed by atoms with Crippen LogP contribution in [0.3, 0.4) is 0 Å². The van der Waals surface area contributed by atoms with Crippen molar-refractivity contribution in [3.05, 3.63) is 65.9 Å². The average molecular weight is 400 g/mol. The van der Waals surface area contributed by atoms with E-state index in [0.29, 0.717) is 16.8 Å². The number of para-hydroxylation sites is 1. The van der Waals surface area contributed by atoms with Crippen LogP contribution >= 0.6 is 0 Å². The summed E-state index contributed by atoms with van der Waals surface area (Å²) in [5.74, 6) is -0.951. The fourth-order valence-corrected chi connectivity index (χ4v) is 3.50. The molecule has 0 aliphatic carbocycles. The number of ketones is 1. The Hall–Kier alpha value is -3.13. The van der Waals surface area contributed by atoms with Gasteiger partial charge in [-0.2, -0.15) is 0 Å². The molecule has 1 N–H and O–H groups in total. The number of anilines is 1. The van der Waals surface area contributed by atoms with Crippen LogP contribution in [0, 0.1) is 0 Å². The number of sulfonamides is 1. The summed E-state index contributed by atoms with van der Waals surface area (Å²) < 4.78 is 32.0. The number of fused-ring (bicyclic) bond motifs is 1. The Morgan fingerprint density at radius 2 is 1.71 bits per heavy atom. The van der Waals surface area contributed by atoms with Gasteiger partial charge in [-0.05, 0) is 37.3 Å². The number of nitrogens with zero attached hydrogens (tertiary/aromatic N) is 1. The molecule has 0 unspecified atom stereocenters. The zero-order valence-electron chi connectivity index (χ0n) is 15.7. The van der Waals surface area contributed by atoms with Gasteiger partial charge in [-0.1, -0.05) is 18.2 Å². The Bertz CT molecular complexity index is 1150. The molecule has 0 fully saturated rings. The van der Waals surface area contributed by atoms with E-state index in [9.17, 15) is 18.0 Å². The van der Waals surface area contributed by atoms with Crippen molar-refractivity contribution in [3.8, 4) is 0 Å². The molecule has 2 aromatic carbocycles. The van der Waals surface area contributed by atoms with Gasteiger partial charge in [0.05, 0.1) is 11.8 Å². The number of aryl methyl sites for hydroxylation is 1. The number of nitrogens with one attached hydrogen (secondary N) is 1. The molecule has 0 saturated carbocycles. The standard InChI is InChI=1S/C20H20N2O5S/c1-13(19(23)14-8-10-15(11-9-14)21-28(3,25)26)27-20(24)17-12-22(2)18-7-5-4-6-16(17)18/h4-13,21H,1-3H3/t13-/m1/s1. The van der Waals surface area contributed by atoms with Crippen molar-refractivity contribution in [2.24, 2.45) is 7.05 Å². The molecular formula is C20H20N2O5S. The second-order valence-electron chi connectivity index (χ2n) is 6.53. The largest absolute Gasteiger partial charge is 0.451 e. The minimum absolute atomic E-state index is 0.317. The number of Topliss-reactive ketones (excluding diaryl/α,β-unsaturated/α-hetero) is 1. The summed E-state index contributed by atoms with van der Waals surface area (Å²) in [4.78, 5) is 25.1. The minimum atomic E-state index is -3.40. The molecular weight excluding hydrogens is 380 g/mol. The molecule has 1 aromatic heterocycles. The highest BCUT2D eigenvalue weighted by atomic mass is 32.2. The van der Waals surface area contributed by atoms with Gasteiger partial charge in [-0.25, -0.2) is 13.2 Å². The van der Waals surface area contributed by atoms with E-state index in [1.165, 1.54) is 31.2 Å². The van der Waals surface area contributed by atoms with Gasteiger partial charge in [-0.15, -0.1) is 0 Å². The predicted octanol–water partition coefficient (Wildman–Crippen LogP) is 2.98. The highest BCUT2D eigenvalue weighted by Gasteiger charge is 2.22. The lowest BCUT2D eigenvalue weighted by molar-refractivity contribution is 0.0320. The molecule has 0 radical (unpaired) electrons. The van der Waals surface area contributed by atoms with Crippen molar-refractivity contribution in [2.75, 3.05) is 11.0 Å². The fourth-order valence-electron chi connectivity index (χ4n) is 2.93. The first kappa shape index (κ1) is 19.6. The topological polar surface area (TPSA) is 94.5 Å². The van der Waals surface area contributed by atoms with Crippen LogP contribution < -0.4 is 4.72 Å². The molecule has 0 bridgehead atoms. The zero-order valence-corrected chi connectivity index (χ0v) is 16.5. The van der Waals surface area contributed by atoms with Crippen LogP contribution in [0.25, 0.3) is 10.9 Å². The summed E-state index contributed by atoms with van der Waals surface area (Å²) in [6.45, 7) is 1.51. The Morgan fingerprint density at radius 3 is 2.36 bits per heavy atom. The van der Waals surface area contributed by atoms with Crippen LogP contribution in [0.4, 0.5) is 5.69 Å². The van der Waals surface area contributed by atoms with Gasteiger partial charge in [0.1, 0.15) is 0 Å². The second kappa shape index (κ2) is 7.47. The van der Waals surface area contributed by atoms with Crippen LogP contribution in [0.2, 0.25) is 0 Å². The molecule has 3 aromatic rings. The molecule has 8 heteroatoms. The van der Waals surface area contributed by atoms with Gasteiger partial charge in [0.2, 0.25) is 15.8 Å². The van der Waals surface area contributed by atoms with E-state index in [4.69, 9.17) is 4.74 Å². The zero-order chi connectivity index (χ0) is 20.5. The number of carbonyl (C=O) groups is 2. The maximum absolute atomic E-state index is 12.6. The van der Waals surface area contributed by atoms with Crippen LogP contribution in [0.1, 0.15) is 27.6 Å². The maximum atomic E-state index is 12.6. The first-order chi connectivity index (χ1) is 13.2. The van der Waals surface area contributed by atoms with Crippen LogP contribution in [-0.2, 0) is 21.8 Å².